The van der Waals surface area contributed by atoms with Crippen molar-refractivity contribution in [1.82, 2.24) is 23.3 Å². The molecule has 2 fully saturated rings. The summed E-state index contributed by atoms with van der Waals surface area (Å²) in [5, 5.41) is 4.32. The normalized spacial score (nSPS) is 25.7. The van der Waals surface area contributed by atoms with E-state index in [4.69, 9.17) is 4.74 Å². The molecule has 0 saturated carbocycles. The van der Waals surface area contributed by atoms with E-state index in [2.05, 4.69) is 5.10 Å². The highest BCUT2D eigenvalue weighted by atomic mass is 32.2. The van der Waals surface area contributed by atoms with Gasteiger partial charge in [0.25, 0.3) is 10.2 Å². The zero-order valence-electron chi connectivity index (χ0n) is 16.5. The summed E-state index contributed by atoms with van der Waals surface area (Å²) in [5.41, 5.74) is 1.82. The largest absolute Gasteiger partial charge is 0.373 e. The van der Waals surface area contributed by atoms with Gasteiger partial charge in [-0.15, -0.1) is 0 Å². The summed E-state index contributed by atoms with van der Waals surface area (Å²) < 4.78 is 36.1. The molecule has 2 aliphatic heterocycles. The number of ether oxygens (including phenoxy) is 1. The highest BCUT2D eigenvalue weighted by Gasteiger charge is 2.37. The summed E-state index contributed by atoms with van der Waals surface area (Å²) in [6, 6.07) is 1.93. The molecule has 0 aromatic carbocycles. The Balaban J connectivity index is 1.58. The van der Waals surface area contributed by atoms with Crippen LogP contribution in [0.3, 0.4) is 0 Å². The number of rotatable bonds is 4. The quantitative estimate of drug-likeness (QED) is 0.711. The summed E-state index contributed by atoms with van der Waals surface area (Å²) in [7, 11) is -3.53. The Hall–Kier alpha value is -1.49. The smallest absolute Gasteiger partial charge is 0.282 e. The Labute approximate surface area is 161 Å². The van der Waals surface area contributed by atoms with Crippen LogP contribution >= 0.6 is 0 Å². The maximum atomic E-state index is 12.9. The Bertz CT molecular complexity index is 775. The molecule has 1 amide bonds. The van der Waals surface area contributed by atoms with Crippen LogP contribution in [-0.2, 0) is 26.3 Å². The number of nitrogens with zero attached hydrogens (tertiary/aromatic N) is 5. The van der Waals surface area contributed by atoms with E-state index in [1.165, 1.54) is 8.61 Å². The lowest BCUT2D eigenvalue weighted by atomic mass is 10.3. The molecule has 10 heteroatoms. The number of hydrogen-bond donors (Lipinski definition) is 0. The van der Waals surface area contributed by atoms with Crippen LogP contribution in [0.15, 0.2) is 6.07 Å². The van der Waals surface area contributed by atoms with E-state index in [0.29, 0.717) is 39.3 Å². The lowest BCUT2D eigenvalue weighted by molar-refractivity contribution is -0.133. The molecule has 0 aliphatic carbocycles. The number of amides is 1. The topological polar surface area (TPSA) is 88.0 Å². The number of morpholine rings is 1. The van der Waals surface area contributed by atoms with E-state index in [-0.39, 0.29) is 24.7 Å². The summed E-state index contributed by atoms with van der Waals surface area (Å²) in [6.45, 7) is 9.91. The molecular weight excluding hydrogens is 370 g/mol. The van der Waals surface area contributed by atoms with Gasteiger partial charge < -0.3 is 9.64 Å². The first-order chi connectivity index (χ1) is 12.7. The second kappa shape index (κ2) is 7.86. The maximum absolute atomic E-state index is 12.9. The predicted octanol–water partition coefficient (Wildman–Crippen LogP) is -0.00186. The molecule has 2 aliphatic rings. The SMILES string of the molecule is Cc1cc(C)n(CC(=O)N2CCN(S(=O)(=O)N3C[C@@H](C)O[C@@H](C)C3)CC2)n1. The van der Waals surface area contributed by atoms with Crippen molar-refractivity contribution >= 4 is 16.1 Å². The third-order valence-corrected chi connectivity index (χ3v) is 6.99. The van der Waals surface area contributed by atoms with E-state index >= 15 is 0 Å². The molecule has 3 rings (SSSR count). The van der Waals surface area contributed by atoms with Crippen LogP contribution in [-0.4, -0.2) is 89.1 Å². The molecule has 1 aromatic rings. The lowest BCUT2D eigenvalue weighted by Gasteiger charge is -2.40. The molecule has 1 aromatic heterocycles. The van der Waals surface area contributed by atoms with E-state index in [0.717, 1.165) is 11.4 Å². The van der Waals surface area contributed by atoms with Gasteiger partial charge in [-0.1, -0.05) is 0 Å². The van der Waals surface area contributed by atoms with Gasteiger partial charge in [-0.3, -0.25) is 9.48 Å². The Morgan fingerprint density at radius 3 is 2.22 bits per heavy atom. The second-order valence-corrected chi connectivity index (χ2v) is 9.38. The van der Waals surface area contributed by atoms with Crippen molar-refractivity contribution in [3.63, 3.8) is 0 Å². The molecule has 0 N–H and O–H groups in total. The minimum absolute atomic E-state index is 0.0353. The number of carbonyl (C=O) groups excluding carboxylic acids is 1. The molecule has 3 heterocycles. The summed E-state index contributed by atoms with van der Waals surface area (Å²) in [6.07, 6.45) is -0.237. The predicted molar refractivity (Wildman–Crippen MR) is 100 cm³/mol. The molecule has 0 unspecified atom stereocenters. The van der Waals surface area contributed by atoms with Gasteiger partial charge >= 0.3 is 0 Å². The molecule has 0 spiro atoms. The average molecular weight is 400 g/mol. The molecular formula is C17H29N5O4S. The zero-order chi connectivity index (χ0) is 19.8. The summed E-state index contributed by atoms with van der Waals surface area (Å²) >= 11 is 0. The van der Waals surface area contributed by atoms with Gasteiger partial charge in [0.1, 0.15) is 6.54 Å². The van der Waals surface area contributed by atoms with Crippen LogP contribution in [0.2, 0.25) is 0 Å². The van der Waals surface area contributed by atoms with Gasteiger partial charge in [0.15, 0.2) is 0 Å². The van der Waals surface area contributed by atoms with Crippen LogP contribution in [0, 0.1) is 13.8 Å². The second-order valence-electron chi connectivity index (χ2n) is 7.45. The first kappa shape index (κ1) is 20.2. The zero-order valence-corrected chi connectivity index (χ0v) is 17.3. The van der Waals surface area contributed by atoms with Crippen LogP contribution in [0.5, 0.6) is 0 Å². The van der Waals surface area contributed by atoms with Crippen molar-refractivity contribution in [2.75, 3.05) is 39.3 Å². The molecule has 9 nitrogen and oxygen atoms in total. The minimum Gasteiger partial charge on any atom is -0.373 e. The Morgan fingerprint density at radius 2 is 1.70 bits per heavy atom. The van der Waals surface area contributed by atoms with Crippen LogP contribution in [0.1, 0.15) is 25.2 Å². The third-order valence-electron chi connectivity index (χ3n) is 5.02. The van der Waals surface area contributed by atoms with Gasteiger partial charge in [0.05, 0.1) is 17.9 Å². The average Bonchev–Trinajstić information content (AvgIpc) is 2.91. The van der Waals surface area contributed by atoms with Gasteiger partial charge in [0, 0.05) is 45.0 Å². The lowest BCUT2D eigenvalue weighted by Crippen LogP contribution is -2.57. The molecule has 2 atom stereocenters. The van der Waals surface area contributed by atoms with Crippen LogP contribution in [0.4, 0.5) is 0 Å². The molecule has 0 radical (unpaired) electrons. The summed E-state index contributed by atoms with van der Waals surface area (Å²) in [5.74, 6) is -0.0353. The fourth-order valence-electron chi connectivity index (χ4n) is 3.71. The van der Waals surface area contributed by atoms with Crippen molar-refractivity contribution in [2.24, 2.45) is 0 Å². The Morgan fingerprint density at radius 1 is 1.11 bits per heavy atom. The molecule has 152 valence electrons. The fourth-order valence-corrected chi connectivity index (χ4v) is 5.46. The number of piperazine rings is 1. The van der Waals surface area contributed by atoms with Crippen molar-refractivity contribution in [3.8, 4) is 0 Å². The number of carbonyl (C=O) groups is 1. The first-order valence-electron chi connectivity index (χ1n) is 9.36. The van der Waals surface area contributed by atoms with E-state index in [1.54, 1.807) is 9.58 Å². The van der Waals surface area contributed by atoms with Gasteiger partial charge in [-0.25, -0.2) is 0 Å². The highest BCUT2D eigenvalue weighted by Crippen LogP contribution is 2.19. The molecule has 2 saturated heterocycles. The van der Waals surface area contributed by atoms with Crippen molar-refractivity contribution in [3.05, 3.63) is 17.5 Å². The van der Waals surface area contributed by atoms with Crippen molar-refractivity contribution < 1.29 is 17.9 Å². The van der Waals surface area contributed by atoms with Gasteiger partial charge in [-0.2, -0.15) is 22.1 Å². The third kappa shape index (κ3) is 4.50. The van der Waals surface area contributed by atoms with Crippen molar-refractivity contribution in [1.29, 1.82) is 0 Å². The van der Waals surface area contributed by atoms with E-state index in [1.807, 2.05) is 33.8 Å². The minimum atomic E-state index is -3.53. The van der Waals surface area contributed by atoms with Crippen LogP contribution < -0.4 is 0 Å². The van der Waals surface area contributed by atoms with E-state index in [9.17, 15) is 13.2 Å². The standard InChI is InChI=1S/C17H29N5O4S/c1-13-9-14(2)22(18-13)12-17(23)19-5-7-20(8-6-19)27(24,25)21-10-15(3)26-16(4)11-21/h9,15-16H,5-8,10-12H2,1-4H3/t15-,16+. The molecule has 0 bridgehead atoms. The molecule has 27 heavy (non-hydrogen) atoms. The Kier molecular flexibility index (Phi) is 5.90. The fraction of sp³-hybridized carbons (Fsp3) is 0.765. The maximum Gasteiger partial charge on any atom is 0.282 e. The number of aryl methyl sites for hydroxylation is 2. The summed E-state index contributed by atoms with van der Waals surface area (Å²) in [4.78, 5) is 14.3. The highest BCUT2D eigenvalue weighted by molar-refractivity contribution is 7.86. The monoisotopic (exact) mass is 399 g/mol. The number of aromatic nitrogens is 2. The first-order valence-corrected chi connectivity index (χ1v) is 10.8. The van der Waals surface area contributed by atoms with E-state index < -0.39 is 10.2 Å². The van der Waals surface area contributed by atoms with Crippen molar-refractivity contribution in [2.45, 2.75) is 46.4 Å². The van der Waals surface area contributed by atoms with Gasteiger partial charge in [0.2, 0.25) is 5.91 Å². The number of hydrogen-bond acceptors (Lipinski definition) is 5. The van der Waals surface area contributed by atoms with Crippen LogP contribution in [0.25, 0.3) is 0 Å². The van der Waals surface area contributed by atoms with Gasteiger partial charge in [-0.05, 0) is 33.8 Å².